The predicted octanol–water partition coefficient (Wildman–Crippen LogP) is 0.882. The quantitative estimate of drug-likeness (QED) is 0.794. The summed E-state index contributed by atoms with van der Waals surface area (Å²) in [5.41, 5.74) is 6.87. The SMILES string of the molecule is CCN(CC)C(=O)CN(C)C(CN)c1cccnc1. The first-order valence-corrected chi connectivity index (χ1v) is 6.72. The standard InChI is InChI=1S/C14H24N4O/c1-4-18(5-2)14(19)11-17(3)13(9-15)12-7-6-8-16-10-12/h6-8,10,13H,4-5,9,11,15H2,1-3H3. The van der Waals surface area contributed by atoms with Crippen molar-refractivity contribution in [3.63, 3.8) is 0 Å². The Morgan fingerprint density at radius 3 is 2.58 bits per heavy atom. The highest BCUT2D eigenvalue weighted by molar-refractivity contribution is 5.78. The van der Waals surface area contributed by atoms with Gasteiger partial charge in [0.2, 0.25) is 5.91 Å². The van der Waals surface area contributed by atoms with Gasteiger partial charge in [-0.2, -0.15) is 0 Å². The molecule has 1 atom stereocenters. The highest BCUT2D eigenvalue weighted by Gasteiger charge is 2.20. The summed E-state index contributed by atoms with van der Waals surface area (Å²) >= 11 is 0. The van der Waals surface area contributed by atoms with Crippen LogP contribution in [0.5, 0.6) is 0 Å². The van der Waals surface area contributed by atoms with E-state index < -0.39 is 0 Å². The molecule has 1 rings (SSSR count). The minimum atomic E-state index is 0.0215. The lowest BCUT2D eigenvalue weighted by Crippen LogP contribution is -2.41. The normalized spacial score (nSPS) is 12.5. The fourth-order valence-corrected chi connectivity index (χ4v) is 2.14. The average Bonchev–Trinajstić information content (AvgIpc) is 2.42. The molecule has 19 heavy (non-hydrogen) atoms. The van der Waals surface area contributed by atoms with Crippen LogP contribution in [0.4, 0.5) is 0 Å². The first-order valence-electron chi connectivity index (χ1n) is 6.72. The molecule has 0 saturated heterocycles. The van der Waals surface area contributed by atoms with Crippen LogP contribution in [0.15, 0.2) is 24.5 Å². The van der Waals surface area contributed by atoms with Gasteiger partial charge in [0, 0.05) is 38.1 Å². The molecule has 0 spiro atoms. The van der Waals surface area contributed by atoms with Crippen molar-refractivity contribution in [1.29, 1.82) is 0 Å². The van der Waals surface area contributed by atoms with Gasteiger partial charge >= 0.3 is 0 Å². The van der Waals surface area contributed by atoms with E-state index >= 15 is 0 Å². The molecule has 1 amide bonds. The van der Waals surface area contributed by atoms with Gasteiger partial charge in [0.15, 0.2) is 0 Å². The molecular formula is C14H24N4O. The number of aromatic nitrogens is 1. The molecule has 1 aromatic heterocycles. The van der Waals surface area contributed by atoms with Crippen LogP contribution in [0.25, 0.3) is 0 Å². The number of nitrogens with zero attached hydrogens (tertiary/aromatic N) is 3. The molecule has 0 aliphatic heterocycles. The maximum atomic E-state index is 12.1. The largest absolute Gasteiger partial charge is 0.342 e. The molecule has 0 aliphatic rings. The first kappa shape index (κ1) is 15.6. The molecule has 1 unspecified atom stereocenters. The molecule has 0 bridgehead atoms. The second-order valence-corrected chi connectivity index (χ2v) is 4.52. The molecule has 0 saturated carbocycles. The second kappa shape index (κ2) is 7.86. The molecule has 5 heteroatoms. The van der Waals surface area contributed by atoms with Crippen molar-refractivity contribution in [3.05, 3.63) is 30.1 Å². The number of hydrogen-bond acceptors (Lipinski definition) is 4. The zero-order chi connectivity index (χ0) is 14.3. The minimum absolute atomic E-state index is 0.0215. The van der Waals surface area contributed by atoms with Crippen LogP contribution in [-0.4, -0.2) is 53.9 Å². The van der Waals surface area contributed by atoms with E-state index in [1.807, 2.05) is 42.8 Å². The van der Waals surface area contributed by atoms with E-state index in [0.29, 0.717) is 13.1 Å². The Bertz CT molecular complexity index is 378. The van der Waals surface area contributed by atoms with Crippen LogP contribution in [0.2, 0.25) is 0 Å². The number of carbonyl (C=O) groups is 1. The van der Waals surface area contributed by atoms with Crippen molar-refractivity contribution in [3.8, 4) is 0 Å². The van der Waals surface area contributed by atoms with Crippen molar-refractivity contribution in [2.24, 2.45) is 5.73 Å². The molecule has 2 N–H and O–H groups in total. The van der Waals surface area contributed by atoms with Gasteiger partial charge in [0.05, 0.1) is 6.54 Å². The highest BCUT2D eigenvalue weighted by atomic mass is 16.2. The third kappa shape index (κ3) is 4.29. The van der Waals surface area contributed by atoms with Gasteiger partial charge in [0.1, 0.15) is 0 Å². The van der Waals surface area contributed by atoms with Crippen LogP contribution < -0.4 is 5.73 Å². The third-order valence-corrected chi connectivity index (χ3v) is 3.33. The van der Waals surface area contributed by atoms with Crippen molar-refractivity contribution < 1.29 is 4.79 Å². The van der Waals surface area contributed by atoms with Crippen LogP contribution >= 0.6 is 0 Å². The smallest absolute Gasteiger partial charge is 0.236 e. The molecule has 5 nitrogen and oxygen atoms in total. The summed E-state index contributed by atoms with van der Waals surface area (Å²) in [5, 5.41) is 0. The number of nitrogens with two attached hydrogens (primary N) is 1. The molecule has 1 aromatic rings. The third-order valence-electron chi connectivity index (χ3n) is 3.33. The first-order chi connectivity index (χ1) is 9.13. The predicted molar refractivity (Wildman–Crippen MR) is 76.6 cm³/mol. The summed E-state index contributed by atoms with van der Waals surface area (Å²) in [6.45, 7) is 6.30. The summed E-state index contributed by atoms with van der Waals surface area (Å²) < 4.78 is 0. The van der Waals surface area contributed by atoms with Gasteiger partial charge in [-0.1, -0.05) is 6.07 Å². The maximum Gasteiger partial charge on any atom is 0.236 e. The summed E-state index contributed by atoms with van der Waals surface area (Å²) in [4.78, 5) is 20.0. The summed E-state index contributed by atoms with van der Waals surface area (Å²) in [5.74, 6) is 0.134. The molecule has 0 aliphatic carbocycles. The van der Waals surface area contributed by atoms with Gasteiger partial charge in [-0.25, -0.2) is 0 Å². The summed E-state index contributed by atoms with van der Waals surface area (Å²) in [7, 11) is 1.92. The number of carbonyl (C=O) groups excluding carboxylic acids is 1. The number of likely N-dealkylation sites (N-methyl/N-ethyl adjacent to an activating group) is 2. The number of pyridine rings is 1. The Hall–Kier alpha value is -1.46. The van der Waals surface area contributed by atoms with Gasteiger partial charge in [-0.05, 0) is 32.5 Å². The van der Waals surface area contributed by atoms with Crippen molar-refractivity contribution in [2.75, 3.05) is 33.2 Å². The second-order valence-electron chi connectivity index (χ2n) is 4.52. The number of amides is 1. The van der Waals surface area contributed by atoms with E-state index in [4.69, 9.17) is 5.73 Å². The van der Waals surface area contributed by atoms with E-state index in [0.717, 1.165) is 18.7 Å². The van der Waals surface area contributed by atoms with E-state index in [-0.39, 0.29) is 11.9 Å². The van der Waals surface area contributed by atoms with Gasteiger partial charge in [-0.15, -0.1) is 0 Å². The van der Waals surface area contributed by atoms with Crippen LogP contribution in [0.1, 0.15) is 25.5 Å². The Kier molecular flexibility index (Phi) is 6.45. The zero-order valence-electron chi connectivity index (χ0n) is 12.0. The molecule has 0 fully saturated rings. The van der Waals surface area contributed by atoms with E-state index in [1.54, 1.807) is 12.4 Å². The number of hydrogen-bond donors (Lipinski definition) is 1. The van der Waals surface area contributed by atoms with Gasteiger partial charge in [0.25, 0.3) is 0 Å². The van der Waals surface area contributed by atoms with E-state index in [2.05, 4.69) is 4.98 Å². The monoisotopic (exact) mass is 264 g/mol. The minimum Gasteiger partial charge on any atom is -0.342 e. The van der Waals surface area contributed by atoms with E-state index in [9.17, 15) is 4.79 Å². The molecule has 0 aromatic carbocycles. The lowest BCUT2D eigenvalue weighted by Gasteiger charge is -2.29. The van der Waals surface area contributed by atoms with Crippen LogP contribution in [0, 0.1) is 0 Å². The van der Waals surface area contributed by atoms with Crippen LogP contribution in [0.3, 0.4) is 0 Å². The Morgan fingerprint density at radius 1 is 1.42 bits per heavy atom. The Labute approximate surface area is 115 Å². The molecule has 1 heterocycles. The lowest BCUT2D eigenvalue weighted by molar-refractivity contribution is -0.132. The van der Waals surface area contributed by atoms with Crippen molar-refractivity contribution in [2.45, 2.75) is 19.9 Å². The lowest BCUT2D eigenvalue weighted by atomic mass is 10.1. The van der Waals surface area contributed by atoms with Crippen molar-refractivity contribution in [1.82, 2.24) is 14.8 Å². The Morgan fingerprint density at radius 2 is 2.11 bits per heavy atom. The summed E-state index contributed by atoms with van der Waals surface area (Å²) in [6.07, 6.45) is 3.54. The summed E-state index contributed by atoms with van der Waals surface area (Å²) in [6, 6.07) is 3.90. The van der Waals surface area contributed by atoms with Gasteiger partial charge < -0.3 is 10.6 Å². The van der Waals surface area contributed by atoms with E-state index in [1.165, 1.54) is 0 Å². The highest BCUT2D eigenvalue weighted by Crippen LogP contribution is 2.16. The molecule has 106 valence electrons. The maximum absolute atomic E-state index is 12.1. The fourth-order valence-electron chi connectivity index (χ4n) is 2.14. The number of rotatable bonds is 7. The van der Waals surface area contributed by atoms with Gasteiger partial charge in [-0.3, -0.25) is 14.7 Å². The molecule has 0 radical (unpaired) electrons. The van der Waals surface area contributed by atoms with Crippen LogP contribution in [-0.2, 0) is 4.79 Å². The topological polar surface area (TPSA) is 62.5 Å². The average molecular weight is 264 g/mol. The zero-order valence-corrected chi connectivity index (χ0v) is 12.0. The molecular weight excluding hydrogens is 240 g/mol. The fraction of sp³-hybridized carbons (Fsp3) is 0.571. The Balaban J connectivity index is 2.70. The van der Waals surface area contributed by atoms with Crippen molar-refractivity contribution >= 4 is 5.91 Å².